The summed E-state index contributed by atoms with van der Waals surface area (Å²) in [7, 11) is 0. The second kappa shape index (κ2) is 14.8. The number of hydrogen-bond acceptors (Lipinski definition) is 7. The predicted octanol–water partition coefficient (Wildman–Crippen LogP) is 12.9. The highest BCUT2D eigenvalue weighted by Crippen LogP contribution is 2.47. The first kappa shape index (κ1) is 33.3. The normalized spacial score (nSPS) is 13.0. The van der Waals surface area contributed by atoms with Gasteiger partial charge >= 0.3 is 0 Å². The molecule has 0 saturated heterocycles. The Labute approximate surface area is 305 Å². The summed E-state index contributed by atoms with van der Waals surface area (Å²) in [6.07, 6.45) is 13.3. The molecule has 0 atom stereocenters. The second-order valence-electron chi connectivity index (χ2n) is 13.5. The molecule has 1 aliphatic carbocycles. The summed E-state index contributed by atoms with van der Waals surface area (Å²) in [6.45, 7) is 4.44. The Balaban J connectivity index is 1.22. The van der Waals surface area contributed by atoms with E-state index in [1.165, 1.54) is 47.0 Å². The van der Waals surface area contributed by atoms with Crippen LogP contribution in [-0.2, 0) is 25.7 Å². The lowest BCUT2D eigenvalue weighted by atomic mass is 9.97. The molecule has 0 N–H and O–H groups in total. The van der Waals surface area contributed by atoms with E-state index in [1.807, 2.05) is 12.1 Å². The Morgan fingerprint density at radius 2 is 1.12 bits per heavy atom. The Morgan fingerprint density at radius 1 is 0.580 bits per heavy atom. The van der Waals surface area contributed by atoms with E-state index in [1.54, 1.807) is 28.7 Å². The number of aryl methyl sites for hydroxylation is 4. The van der Waals surface area contributed by atoms with Gasteiger partial charge in [0.2, 0.25) is 0 Å². The monoisotopic (exact) mass is 716 g/mol. The Morgan fingerprint density at radius 3 is 1.72 bits per heavy atom. The summed E-state index contributed by atoms with van der Waals surface area (Å²) in [5, 5.41) is 0. The SMILES string of the molecule is CCCCCc1ccc(-c2ccc(-c3c4nsnc4c(-c4ccc(-c5ccc(CCCCC)cc5F)s4)c4nc5c(nc34)CCCC5)s2)cc1. The van der Waals surface area contributed by atoms with Gasteiger partial charge in [-0.1, -0.05) is 75.9 Å². The van der Waals surface area contributed by atoms with Crippen molar-refractivity contribution in [1.29, 1.82) is 0 Å². The van der Waals surface area contributed by atoms with Crippen molar-refractivity contribution < 1.29 is 4.39 Å². The van der Waals surface area contributed by atoms with Crippen LogP contribution in [0, 0.1) is 5.82 Å². The fourth-order valence-electron chi connectivity index (χ4n) is 7.20. The molecule has 0 unspecified atom stereocenters. The van der Waals surface area contributed by atoms with Crippen molar-refractivity contribution in [2.75, 3.05) is 0 Å². The highest BCUT2D eigenvalue weighted by Gasteiger charge is 2.26. The molecule has 50 heavy (non-hydrogen) atoms. The molecule has 1 aliphatic rings. The van der Waals surface area contributed by atoms with Crippen LogP contribution in [0.1, 0.15) is 87.7 Å². The molecule has 7 aromatic rings. The fraction of sp³-hybridized carbons (Fsp3) is 0.333. The number of halogens is 1. The van der Waals surface area contributed by atoms with E-state index in [4.69, 9.17) is 18.7 Å². The maximum absolute atomic E-state index is 15.5. The third-order valence-corrected chi connectivity index (χ3v) is 12.8. The minimum Gasteiger partial charge on any atom is -0.248 e. The molecule has 0 bridgehead atoms. The number of rotatable bonds is 12. The van der Waals surface area contributed by atoms with E-state index in [2.05, 4.69) is 62.4 Å². The van der Waals surface area contributed by atoms with Gasteiger partial charge in [-0.3, -0.25) is 0 Å². The van der Waals surface area contributed by atoms with E-state index < -0.39 is 0 Å². The molecule has 0 aliphatic heterocycles. The number of fused-ring (bicyclic) bond motifs is 3. The first-order valence-electron chi connectivity index (χ1n) is 18.2. The molecule has 0 spiro atoms. The second-order valence-corrected chi connectivity index (χ2v) is 16.2. The van der Waals surface area contributed by atoms with Crippen LogP contribution >= 0.6 is 34.4 Å². The van der Waals surface area contributed by atoms with E-state index >= 15 is 4.39 Å². The van der Waals surface area contributed by atoms with Gasteiger partial charge < -0.3 is 0 Å². The van der Waals surface area contributed by atoms with Crippen LogP contribution in [0.2, 0.25) is 0 Å². The minimum absolute atomic E-state index is 0.165. The van der Waals surface area contributed by atoms with Crippen LogP contribution in [-0.4, -0.2) is 18.7 Å². The zero-order valence-electron chi connectivity index (χ0n) is 28.7. The molecule has 8 rings (SSSR count). The maximum Gasteiger partial charge on any atom is 0.132 e. The van der Waals surface area contributed by atoms with Crippen molar-refractivity contribution in [3.05, 3.63) is 95.1 Å². The quantitative estimate of drug-likeness (QED) is 0.118. The molecule has 4 heterocycles. The van der Waals surface area contributed by atoms with Gasteiger partial charge in [0.15, 0.2) is 0 Å². The fourth-order valence-corrected chi connectivity index (χ4v) is 9.90. The summed E-state index contributed by atoms with van der Waals surface area (Å²) >= 11 is 4.61. The Bertz CT molecular complexity index is 2280. The number of thiophene rings is 2. The average Bonchev–Trinajstić information content (AvgIpc) is 3.93. The summed E-state index contributed by atoms with van der Waals surface area (Å²) in [4.78, 5) is 15.0. The van der Waals surface area contributed by atoms with E-state index in [0.29, 0.717) is 5.56 Å². The maximum atomic E-state index is 15.5. The lowest BCUT2D eigenvalue weighted by molar-refractivity contribution is 0.627. The molecule has 0 amide bonds. The van der Waals surface area contributed by atoms with Gasteiger partial charge in [0.05, 0.1) is 23.1 Å². The largest absolute Gasteiger partial charge is 0.248 e. The van der Waals surface area contributed by atoms with Crippen molar-refractivity contribution in [3.8, 4) is 41.8 Å². The van der Waals surface area contributed by atoms with Crippen molar-refractivity contribution in [1.82, 2.24) is 18.7 Å². The number of benzene rings is 3. The number of unbranched alkanes of at least 4 members (excludes halogenated alkanes) is 4. The van der Waals surface area contributed by atoms with Crippen molar-refractivity contribution in [2.24, 2.45) is 0 Å². The van der Waals surface area contributed by atoms with E-state index in [0.717, 1.165) is 123 Å². The highest BCUT2D eigenvalue weighted by molar-refractivity contribution is 7.19. The molecule has 0 fully saturated rings. The molecule has 254 valence electrons. The van der Waals surface area contributed by atoms with Crippen LogP contribution in [0.5, 0.6) is 0 Å². The van der Waals surface area contributed by atoms with Gasteiger partial charge in [-0.05, 0) is 98.4 Å². The summed E-state index contributed by atoms with van der Waals surface area (Å²) in [5.74, 6) is -0.165. The standard InChI is InChI=1S/C42H41FN4S3/c1-3-5-7-11-26-15-18-28(19-16-26)33-21-23-35(48-33)37-39-40(45-32-14-10-9-13-31(32)44-39)38(42-41(37)46-50-47-42)36-24-22-34(49-36)29-20-17-27(25-30(29)43)12-8-6-4-2/h15-25H,3-14H2,1-2H3. The van der Waals surface area contributed by atoms with Crippen LogP contribution in [0.4, 0.5) is 4.39 Å². The summed E-state index contributed by atoms with van der Waals surface area (Å²) < 4.78 is 25.3. The van der Waals surface area contributed by atoms with Gasteiger partial charge in [-0.25, -0.2) is 14.4 Å². The third kappa shape index (κ3) is 6.54. The number of aromatic nitrogens is 4. The first-order chi connectivity index (χ1) is 24.6. The molecule has 8 heteroatoms. The molecule has 0 radical (unpaired) electrons. The summed E-state index contributed by atoms with van der Waals surface area (Å²) in [6, 6.07) is 23.4. The Hall–Kier alpha value is -3.85. The van der Waals surface area contributed by atoms with Crippen LogP contribution in [0.15, 0.2) is 66.7 Å². The van der Waals surface area contributed by atoms with Crippen LogP contribution in [0.25, 0.3) is 63.8 Å². The summed E-state index contributed by atoms with van der Waals surface area (Å²) in [5.41, 5.74) is 11.9. The van der Waals surface area contributed by atoms with Crippen molar-refractivity contribution in [2.45, 2.75) is 90.9 Å². The average molecular weight is 717 g/mol. The van der Waals surface area contributed by atoms with Gasteiger partial charge in [-0.15, -0.1) is 22.7 Å². The van der Waals surface area contributed by atoms with Crippen molar-refractivity contribution >= 4 is 56.5 Å². The Kier molecular flexibility index (Phi) is 9.85. The first-order valence-corrected chi connectivity index (χ1v) is 20.5. The van der Waals surface area contributed by atoms with Crippen LogP contribution < -0.4 is 0 Å². The molecule has 0 saturated carbocycles. The molecular weight excluding hydrogens is 676 g/mol. The lowest BCUT2D eigenvalue weighted by Gasteiger charge is -2.17. The van der Waals surface area contributed by atoms with Crippen molar-refractivity contribution in [3.63, 3.8) is 0 Å². The third-order valence-electron chi connectivity index (χ3n) is 9.94. The molecule has 4 nitrogen and oxygen atoms in total. The van der Waals surface area contributed by atoms with Gasteiger partial charge in [0.1, 0.15) is 27.9 Å². The number of nitrogens with zero attached hydrogens (tertiary/aromatic N) is 4. The molecule has 3 aromatic carbocycles. The van der Waals surface area contributed by atoms with E-state index in [-0.39, 0.29) is 5.82 Å². The molecular formula is C42H41FN4S3. The number of hydrogen-bond donors (Lipinski definition) is 0. The van der Waals surface area contributed by atoms with Gasteiger partial charge in [0.25, 0.3) is 0 Å². The smallest absolute Gasteiger partial charge is 0.132 e. The predicted molar refractivity (Wildman–Crippen MR) is 211 cm³/mol. The zero-order valence-corrected chi connectivity index (χ0v) is 31.2. The lowest BCUT2D eigenvalue weighted by Crippen LogP contribution is -2.09. The van der Waals surface area contributed by atoms with E-state index in [9.17, 15) is 0 Å². The highest BCUT2D eigenvalue weighted by atomic mass is 32.1. The topological polar surface area (TPSA) is 51.6 Å². The van der Waals surface area contributed by atoms with Crippen LogP contribution in [0.3, 0.4) is 0 Å². The van der Waals surface area contributed by atoms with Gasteiger partial charge in [-0.2, -0.15) is 8.75 Å². The minimum atomic E-state index is -0.165. The van der Waals surface area contributed by atoms with Gasteiger partial charge in [0, 0.05) is 36.2 Å². The molecule has 4 aromatic heterocycles. The zero-order chi connectivity index (χ0) is 34.0.